The monoisotopic (exact) mass is 323 g/mol. The topological polar surface area (TPSA) is 131 Å². The first-order chi connectivity index (χ1) is 11.0. The molecule has 0 aromatic heterocycles. The Morgan fingerprint density at radius 3 is 2.74 bits per heavy atom. The summed E-state index contributed by atoms with van der Waals surface area (Å²) < 4.78 is 4.78. The standard InChI is InChI=1S/C14H17N3O6/c18-13(19)8-23-6-5-15-14(20)9-1-4-11(16-10-2-3-10)12(7-9)17(21)22/h1,4,7,10,16H,2-3,5-6,8H2,(H,15,20)(H,18,19). The maximum atomic E-state index is 11.9. The summed E-state index contributed by atoms with van der Waals surface area (Å²) in [6.07, 6.45) is 1.96. The van der Waals surface area contributed by atoms with Crippen LogP contribution in [0.2, 0.25) is 0 Å². The first-order valence-corrected chi connectivity index (χ1v) is 7.10. The Morgan fingerprint density at radius 1 is 1.39 bits per heavy atom. The van der Waals surface area contributed by atoms with Gasteiger partial charge >= 0.3 is 5.97 Å². The Hall–Kier alpha value is -2.68. The van der Waals surface area contributed by atoms with Gasteiger partial charge in [0.05, 0.1) is 11.5 Å². The second kappa shape index (κ2) is 7.54. The number of carboxylic acid groups (broad SMARTS) is 1. The molecule has 1 saturated carbocycles. The molecule has 0 aliphatic heterocycles. The third-order valence-electron chi connectivity index (χ3n) is 3.15. The van der Waals surface area contributed by atoms with Gasteiger partial charge in [-0.3, -0.25) is 14.9 Å². The lowest BCUT2D eigenvalue weighted by Crippen LogP contribution is -2.28. The van der Waals surface area contributed by atoms with Crippen LogP contribution in [-0.2, 0) is 9.53 Å². The number of amides is 1. The minimum atomic E-state index is -1.09. The summed E-state index contributed by atoms with van der Waals surface area (Å²) >= 11 is 0. The minimum absolute atomic E-state index is 0.0431. The predicted octanol–water partition coefficient (Wildman–Crippen LogP) is 1.00. The highest BCUT2D eigenvalue weighted by Crippen LogP contribution is 2.31. The van der Waals surface area contributed by atoms with Crippen LogP contribution in [0.25, 0.3) is 0 Å². The average Bonchev–Trinajstić information content (AvgIpc) is 3.30. The number of nitro groups is 1. The summed E-state index contributed by atoms with van der Waals surface area (Å²) in [4.78, 5) is 32.8. The number of rotatable bonds is 9. The number of nitrogens with one attached hydrogen (secondary N) is 2. The summed E-state index contributed by atoms with van der Waals surface area (Å²) in [5.41, 5.74) is 0.418. The predicted molar refractivity (Wildman–Crippen MR) is 80.5 cm³/mol. The number of aliphatic carboxylic acids is 1. The van der Waals surface area contributed by atoms with E-state index in [2.05, 4.69) is 10.6 Å². The number of nitro benzene ring substituents is 1. The number of anilines is 1. The Labute approximate surface area is 131 Å². The summed E-state index contributed by atoms with van der Waals surface area (Å²) in [7, 11) is 0. The zero-order chi connectivity index (χ0) is 16.8. The molecular weight excluding hydrogens is 306 g/mol. The third kappa shape index (κ3) is 5.22. The van der Waals surface area contributed by atoms with E-state index in [-0.39, 0.29) is 30.4 Å². The Bertz CT molecular complexity index is 615. The zero-order valence-electron chi connectivity index (χ0n) is 12.3. The maximum absolute atomic E-state index is 11.9. The van der Waals surface area contributed by atoms with Crippen LogP contribution < -0.4 is 10.6 Å². The Balaban J connectivity index is 1.93. The molecule has 0 heterocycles. The van der Waals surface area contributed by atoms with Crippen molar-refractivity contribution in [2.24, 2.45) is 0 Å². The van der Waals surface area contributed by atoms with Crippen LogP contribution in [0.4, 0.5) is 11.4 Å². The molecule has 1 aliphatic carbocycles. The van der Waals surface area contributed by atoms with Gasteiger partial charge in [0.25, 0.3) is 11.6 Å². The van der Waals surface area contributed by atoms with Crippen LogP contribution in [-0.4, -0.2) is 47.7 Å². The number of hydrogen-bond donors (Lipinski definition) is 3. The molecule has 2 rings (SSSR count). The SMILES string of the molecule is O=C(O)COCCNC(=O)c1ccc(NC2CC2)c([N+](=O)[O-])c1. The quantitative estimate of drug-likeness (QED) is 0.351. The molecule has 0 spiro atoms. The summed E-state index contributed by atoms with van der Waals surface area (Å²) in [5.74, 6) is -1.57. The van der Waals surface area contributed by atoms with Gasteiger partial charge < -0.3 is 20.5 Å². The van der Waals surface area contributed by atoms with Gasteiger partial charge in [-0.15, -0.1) is 0 Å². The van der Waals surface area contributed by atoms with Gasteiger partial charge in [0, 0.05) is 24.2 Å². The molecule has 124 valence electrons. The normalized spacial score (nSPS) is 13.4. The molecule has 9 heteroatoms. The molecular formula is C14H17N3O6. The van der Waals surface area contributed by atoms with E-state index >= 15 is 0 Å². The molecule has 0 atom stereocenters. The van der Waals surface area contributed by atoms with Crippen LogP contribution >= 0.6 is 0 Å². The Kier molecular flexibility index (Phi) is 5.47. The highest BCUT2D eigenvalue weighted by Gasteiger charge is 2.25. The van der Waals surface area contributed by atoms with Crippen molar-refractivity contribution < 1.29 is 24.4 Å². The molecule has 1 amide bonds. The third-order valence-corrected chi connectivity index (χ3v) is 3.15. The van der Waals surface area contributed by atoms with Crippen LogP contribution in [0, 0.1) is 10.1 Å². The second-order valence-corrected chi connectivity index (χ2v) is 5.11. The first-order valence-electron chi connectivity index (χ1n) is 7.10. The van der Waals surface area contributed by atoms with E-state index in [4.69, 9.17) is 9.84 Å². The van der Waals surface area contributed by atoms with Crippen molar-refractivity contribution in [1.82, 2.24) is 5.32 Å². The fourth-order valence-electron chi connectivity index (χ4n) is 1.89. The molecule has 1 fully saturated rings. The van der Waals surface area contributed by atoms with E-state index in [1.54, 1.807) is 0 Å². The molecule has 0 radical (unpaired) electrons. The van der Waals surface area contributed by atoms with E-state index < -0.39 is 23.4 Å². The lowest BCUT2D eigenvalue weighted by Gasteiger charge is -2.08. The zero-order valence-corrected chi connectivity index (χ0v) is 12.3. The van der Waals surface area contributed by atoms with E-state index in [1.165, 1.54) is 18.2 Å². The molecule has 1 aliphatic rings. The fraction of sp³-hybridized carbons (Fsp3) is 0.429. The molecule has 23 heavy (non-hydrogen) atoms. The van der Waals surface area contributed by atoms with Crippen molar-refractivity contribution in [2.45, 2.75) is 18.9 Å². The Morgan fingerprint density at radius 2 is 2.13 bits per heavy atom. The molecule has 0 unspecified atom stereocenters. The molecule has 0 saturated heterocycles. The van der Waals surface area contributed by atoms with Gasteiger partial charge in [0.1, 0.15) is 12.3 Å². The van der Waals surface area contributed by atoms with E-state index in [0.717, 1.165) is 12.8 Å². The van der Waals surface area contributed by atoms with Gasteiger partial charge in [0.2, 0.25) is 0 Å². The van der Waals surface area contributed by atoms with Crippen molar-refractivity contribution in [3.8, 4) is 0 Å². The number of hydrogen-bond acceptors (Lipinski definition) is 6. The molecule has 3 N–H and O–H groups in total. The second-order valence-electron chi connectivity index (χ2n) is 5.11. The van der Waals surface area contributed by atoms with E-state index in [0.29, 0.717) is 5.69 Å². The van der Waals surface area contributed by atoms with Crippen LogP contribution in [0.5, 0.6) is 0 Å². The van der Waals surface area contributed by atoms with Gasteiger partial charge in [-0.25, -0.2) is 4.79 Å². The van der Waals surface area contributed by atoms with E-state index in [1.807, 2.05) is 0 Å². The maximum Gasteiger partial charge on any atom is 0.329 e. The number of carbonyl (C=O) groups is 2. The van der Waals surface area contributed by atoms with Crippen molar-refractivity contribution in [2.75, 3.05) is 25.1 Å². The smallest absolute Gasteiger partial charge is 0.329 e. The molecule has 1 aromatic rings. The first kappa shape index (κ1) is 16.7. The van der Waals surface area contributed by atoms with Gasteiger partial charge in [-0.1, -0.05) is 0 Å². The largest absolute Gasteiger partial charge is 0.480 e. The van der Waals surface area contributed by atoms with Gasteiger partial charge in [-0.05, 0) is 25.0 Å². The summed E-state index contributed by atoms with van der Waals surface area (Å²) in [6.45, 7) is -0.285. The number of benzene rings is 1. The average molecular weight is 323 g/mol. The lowest BCUT2D eigenvalue weighted by molar-refractivity contribution is -0.384. The minimum Gasteiger partial charge on any atom is -0.480 e. The van der Waals surface area contributed by atoms with Crippen molar-refractivity contribution in [3.05, 3.63) is 33.9 Å². The molecule has 0 bridgehead atoms. The highest BCUT2D eigenvalue weighted by atomic mass is 16.6. The van der Waals surface area contributed by atoms with Gasteiger partial charge in [0.15, 0.2) is 0 Å². The van der Waals surface area contributed by atoms with Crippen molar-refractivity contribution >= 4 is 23.3 Å². The summed E-state index contributed by atoms with van der Waals surface area (Å²) in [5, 5.41) is 25.1. The molecule has 1 aromatic carbocycles. The number of nitrogens with zero attached hydrogens (tertiary/aromatic N) is 1. The van der Waals surface area contributed by atoms with E-state index in [9.17, 15) is 19.7 Å². The van der Waals surface area contributed by atoms with Crippen molar-refractivity contribution in [3.63, 3.8) is 0 Å². The van der Waals surface area contributed by atoms with Crippen LogP contribution in [0.1, 0.15) is 23.2 Å². The lowest BCUT2D eigenvalue weighted by atomic mass is 10.1. The van der Waals surface area contributed by atoms with Crippen LogP contribution in [0.3, 0.4) is 0 Å². The number of ether oxygens (including phenoxy) is 1. The fourth-order valence-corrected chi connectivity index (χ4v) is 1.89. The van der Waals surface area contributed by atoms with Crippen molar-refractivity contribution in [1.29, 1.82) is 0 Å². The van der Waals surface area contributed by atoms with Gasteiger partial charge in [-0.2, -0.15) is 0 Å². The highest BCUT2D eigenvalue weighted by molar-refractivity contribution is 5.95. The number of carbonyl (C=O) groups excluding carboxylic acids is 1. The molecule has 9 nitrogen and oxygen atoms in total. The summed E-state index contributed by atoms with van der Waals surface area (Å²) in [6, 6.07) is 4.51. The van der Waals surface area contributed by atoms with Crippen LogP contribution in [0.15, 0.2) is 18.2 Å². The number of carboxylic acids is 1.